The molecule has 9 aromatic rings. The number of aryl methyl sites for hydroxylation is 9. The largest absolute Gasteiger partial charge is 0.459 e. The Morgan fingerprint density at radius 3 is 1.41 bits per heavy atom. The number of ether oxygens (including phenoxy) is 1. The van der Waals surface area contributed by atoms with Gasteiger partial charge in [-0.15, -0.1) is 0 Å². The van der Waals surface area contributed by atoms with Gasteiger partial charge in [-0.3, -0.25) is 19.7 Å². The van der Waals surface area contributed by atoms with E-state index >= 15 is 0 Å². The van der Waals surface area contributed by atoms with Crippen LogP contribution in [-0.2, 0) is 37.1 Å². The van der Waals surface area contributed by atoms with Gasteiger partial charge in [-0.2, -0.15) is 10.5 Å². The van der Waals surface area contributed by atoms with Gasteiger partial charge in [0.1, 0.15) is 22.7 Å². The van der Waals surface area contributed by atoms with Crippen LogP contribution in [0.2, 0.25) is 0 Å². The van der Waals surface area contributed by atoms with E-state index in [1.165, 1.54) is 11.1 Å². The lowest BCUT2D eigenvalue weighted by Crippen LogP contribution is -2.27. The topological polar surface area (TPSA) is 166 Å². The molecule has 9 rings (SSSR count). The van der Waals surface area contributed by atoms with Gasteiger partial charge in [0.25, 0.3) is 0 Å². The Balaban J connectivity index is 0.000000154. The average Bonchev–Trinajstić information content (AvgIpc) is 3.89. The summed E-state index contributed by atoms with van der Waals surface area (Å²) in [7, 11) is 6.00. The Kier molecular flexibility index (Phi) is 14.2. The maximum atomic E-state index is 12.4. The van der Waals surface area contributed by atoms with Gasteiger partial charge in [-0.1, -0.05) is 30.3 Å². The number of halogens is 1. The minimum Gasteiger partial charge on any atom is -0.459 e. The van der Waals surface area contributed by atoms with Crippen LogP contribution >= 0.6 is 22.6 Å². The van der Waals surface area contributed by atoms with Gasteiger partial charge in [0, 0.05) is 43.3 Å². The Hall–Kier alpha value is -7.30. The first-order valence-electron chi connectivity index (χ1n) is 22.1. The van der Waals surface area contributed by atoms with Crippen LogP contribution in [0.15, 0.2) is 91.4 Å². The summed E-state index contributed by atoms with van der Waals surface area (Å²) in [6, 6.07) is 28.9. The van der Waals surface area contributed by atoms with Gasteiger partial charge in [-0.05, 0) is 172 Å². The molecule has 1 atom stereocenters. The van der Waals surface area contributed by atoms with Gasteiger partial charge >= 0.3 is 5.97 Å². The van der Waals surface area contributed by atoms with E-state index in [2.05, 4.69) is 122 Å². The number of aromatic nitrogens is 9. The van der Waals surface area contributed by atoms with Crippen molar-refractivity contribution in [1.82, 2.24) is 43.6 Å². The molecule has 0 aliphatic heterocycles. The van der Waals surface area contributed by atoms with Gasteiger partial charge in [0.2, 0.25) is 0 Å². The molecule has 0 saturated carbocycles. The van der Waals surface area contributed by atoms with Crippen molar-refractivity contribution in [2.45, 2.75) is 80.3 Å². The van der Waals surface area contributed by atoms with Crippen molar-refractivity contribution in [3.05, 3.63) is 139 Å². The molecule has 0 amide bonds. The van der Waals surface area contributed by atoms with Gasteiger partial charge < -0.3 is 18.4 Å². The predicted molar refractivity (Wildman–Crippen MR) is 276 cm³/mol. The number of benzene rings is 3. The molecular formula is C54H54IN11O2. The number of imidazole rings is 3. The second kappa shape index (κ2) is 19.9. The lowest BCUT2D eigenvalue weighted by atomic mass is 9.99. The molecule has 13 nitrogen and oxygen atoms in total. The zero-order valence-electron chi connectivity index (χ0n) is 40.6. The Morgan fingerprint density at radius 1 is 0.618 bits per heavy atom. The van der Waals surface area contributed by atoms with Crippen LogP contribution in [0.25, 0.3) is 67.7 Å². The van der Waals surface area contributed by atoms with Crippen molar-refractivity contribution in [3.8, 4) is 46.7 Å². The molecule has 0 aliphatic carbocycles. The first kappa shape index (κ1) is 48.6. The summed E-state index contributed by atoms with van der Waals surface area (Å²) in [5.74, 6) is 0.950. The molecular weight excluding hydrogens is 962 g/mol. The molecule has 0 fully saturated rings. The maximum Gasteiger partial charge on any atom is 0.328 e. The van der Waals surface area contributed by atoms with E-state index in [4.69, 9.17) is 25.0 Å². The van der Waals surface area contributed by atoms with Crippen LogP contribution in [0.3, 0.4) is 0 Å². The Morgan fingerprint density at radius 2 is 1.03 bits per heavy atom. The Labute approximate surface area is 410 Å². The van der Waals surface area contributed by atoms with E-state index in [9.17, 15) is 10.1 Å². The van der Waals surface area contributed by atoms with Crippen molar-refractivity contribution >= 4 is 61.7 Å². The molecule has 3 aromatic carbocycles. The van der Waals surface area contributed by atoms with E-state index in [-0.39, 0.29) is 0 Å². The van der Waals surface area contributed by atoms with Gasteiger partial charge in [-0.25, -0.2) is 15.0 Å². The second-order valence-corrected chi connectivity index (χ2v) is 19.4. The molecule has 68 heavy (non-hydrogen) atoms. The molecule has 6 aromatic heterocycles. The number of carbonyl (C=O) groups is 1. The highest BCUT2D eigenvalue weighted by atomic mass is 127. The standard InChI is InChI=1S/C22H24N4O2.C17H16N4.C15H14IN3/c1-13-7-8-18-17(9-13)25-20(26(18)6)19-14(2)10-15(12-24-19)16(11-23)21(27)28-22(3,4)5;1-11-4-5-15-14(8-11)20-17(21(15)3)16-12(2)9-13(6-7-18)10-19-16;1-9-4-5-13-12(6-9)18-15(19(13)3)14-10(2)7-11(16)8-17-14/h7-10,12,16H,1-6H3;4-5,8-10H,6H2,1-3H3;4-8H,1-3H3. The number of hydrogen-bond acceptors (Lipinski definition) is 10. The van der Waals surface area contributed by atoms with E-state index in [1.807, 2.05) is 83.0 Å². The average molecular weight is 1020 g/mol. The van der Waals surface area contributed by atoms with Gasteiger partial charge in [0.05, 0.1) is 51.7 Å². The maximum absolute atomic E-state index is 12.4. The number of rotatable bonds is 6. The molecule has 14 heteroatoms. The Bertz CT molecular complexity index is 3470. The highest BCUT2D eigenvalue weighted by Gasteiger charge is 2.28. The number of fused-ring (bicyclic) bond motifs is 3. The zero-order chi connectivity index (χ0) is 49.2. The summed E-state index contributed by atoms with van der Waals surface area (Å²) in [5, 5.41) is 18.3. The van der Waals surface area contributed by atoms with E-state index in [1.54, 1.807) is 33.2 Å². The third-order valence-electron chi connectivity index (χ3n) is 11.4. The van der Waals surface area contributed by atoms with Crippen molar-refractivity contribution in [3.63, 3.8) is 0 Å². The molecule has 344 valence electrons. The van der Waals surface area contributed by atoms with Crippen molar-refractivity contribution < 1.29 is 9.53 Å². The smallest absolute Gasteiger partial charge is 0.328 e. The SMILES string of the molecule is Cc1ccc2c(c1)nc(-c1ncc(C(C#N)C(=O)OC(C)(C)C)cc1C)n2C.Cc1ccc2c(c1)nc(-c1ncc(CC#N)cc1C)n2C.Cc1ccc2c(c1)nc(-c1ncc(I)cc1C)n2C. The summed E-state index contributed by atoms with van der Waals surface area (Å²) < 4.78 is 12.7. The summed E-state index contributed by atoms with van der Waals surface area (Å²) in [4.78, 5) is 40.1. The number of nitrogens with zero attached hydrogens (tertiary/aromatic N) is 11. The van der Waals surface area contributed by atoms with Crippen LogP contribution in [0.5, 0.6) is 0 Å². The summed E-state index contributed by atoms with van der Waals surface area (Å²) in [5.41, 5.74) is 16.1. The predicted octanol–water partition coefficient (Wildman–Crippen LogP) is 11.4. The second-order valence-electron chi connectivity index (χ2n) is 18.2. The molecule has 0 spiro atoms. The summed E-state index contributed by atoms with van der Waals surface area (Å²) >= 11 is 2.28. The molecule has 6 heterocycles. The van der Waals surface area contributed by atoms with Crippen molar-refractivity contribution in [1.29, 1.82) is 10.5 Å². The normalized spacial score (nSPS) is 11.6. The van der Waals surface area contributed by atoms with E-state index < -0.39 is 17.5 Å². The minimum absolute atomic E-state index is 0.385. The first-order chi connectivity index (χ1) is 32.3. The van der Waals surface area contributed by atoms with Crippen LogP contribution in [0, 0.1) is 67.8 Å². The minimum atomic E-state index is -1.01. The monoisotopic (exact) mass is 1020 g/mol. The highest BCUT2D eigenvalue weighted by molar-refractivity contribution is 14.1. The van der Waals surface area contributed by atoms with Crippen LogP contribution in [0.1, 0.15) is 71.2 Å². The molecule has 0 saturated heterocycles. The summed E-state index contributed by atoms with van der Waals surface area (Å²) in [6.45, 7) is 17.5. The third-order valence-corrected chi connectivity index (χ3v) is 12.0. The number of hydrogen-bond donors (Lipinski definition) is 0. The lowest BCUT2D eigenvalue weighted by molar-refractivity contribution is -0.155. The molecule has 0 radical (unpaired) electrons. The molecule has 0 N–H and O–H groups in total. The fraction of sp³-hybridized carbons (Fsp3) is 0.278. The third kappa shape index (κ3) is 10.5. The molecule has 0 bridgehead atoms. The van der Waals surface area contributed by atoms with E-state index in [0.29, 0.717) is 12.0 Å². The first-order valence-corrected chi connectivity index (χ1v) is 23.2. The quantitative estimate of drug-likeness (QED) is 0.116. The van der Waals surface area contributed by atoms with Crippen LogP contribution < -0.4 is 0 Å². The molecule has 0 aliphatic rings. The lowest BCUT2D eigenvalue weighted by Gasteiger charge is -2.21. The zero-order valence-corrected chi connectivity index (χ0v) is 42.7. The van der Waals surface area contributed by atoms with Crippen LogP contribution in [-0.4, -0.2) is 55.2 Å². The van der Waals surface area contributed by atoms with E-state index in [0.717, 1.165) is 99.0 Å². The van der Waals surface area contributed by atoms with Crippen molar-refractivity contribution in [2.24, 2.45) is 21.1 Å². The number of pyridine rings is 3. The fourth-order valence-electron chi connectivity index (χ4n) is 8.01. The number of esters is 1. The summed E-state index contributed by atoms with van der Waals surface area (Å²) in [6.07, 6.45) is 5.59. The fourth-order valence-corrected chi connectivity index (χ4v) is 8.61. The number of carbonyl (C=O) groups excluding carboxylic acids is 1. The van der Waals surface area contributed by atoms with Gasteiger partial charge in [0.15, 0.2) is 23.4 Å². The highest BCUT2D eigenvalue weighted by Crippen LogP contribution is 2.30. The van der Waals surface area contributed by atoms with Crippen molar-refractivity contribution in [2.75, 3.05) is 0 Å². The van der Waals surface area contributed by atoms with Crippen LogP contribution in [0.4, 0.5) is 0 Å². The number of nitriles is 2. The molecule has 1 unspecified atom stereocenters.